The molecular formula is C14H9F2N3. The van der Waals surface area contributed by atoms with Crippen molar-refractivity contribution in [2.24, 2.45) is 0 Å². The van der Waals surface area contributed by atoms with Crippen LogP contribution in [0, 0.1) is 23.0 Å². The van der Waals surface area contributed by atoms with Crippen LogP contribution in [0.15, 0.2) is 30.5 Å². The molecule has 1 saturated carbocycles. The minimum atomic E-state index is -0.675. The van der Waals surface area contributed by atoms with E-state index in [1.165, 1.54) is 18.3 Å². The molecule has 0 bridgehead atoms. The van der Waals surface area contributed by atoms with Gasteiger partial charge < -0.3 is 0 Å². The van der Waals surface area contributed by atoms with E-state index in [-0.39, 0.29) is 5.56 Å². The van der Waals surface area contributed by atoms with Crippen LogP contribution in [0.3, 0.4) is 0 Å². The van der Waals surface area contributed by atoms with E-state index in [9.17, 15) is 8.78 Å². The predicted octanol–water partition coefficient (Wildman–Crippen LogP) is 2.98. The van der Waals surface area contributed by atoms with Crippen LogP contribution in [0.5, 0.6) is 0 Å². The molecule has 0 aliphatic heterocycles. The second-order valence-electron chi connectivity index (χ2n) is 4.58. The van der Waals surface area contributed by atoms with E-state index in [0.29, 0.717) is 11.5 Å². The Kier molecular flexibility index (Phi) is 2.53. The molecule has 5 heteroatoms. The molecule has 0 atom stereocenters. The highest BCUT2D eigenvalue weighted by Gasteiger charge is 2.48. The van der Waals surface area contributed by atoms with Crippen LogP contribution in [-0.2, 0) is 5.41 Å². The van der Waals surface area contributed by atoms with Crippen LogP contribution in [0.4, 0.5) is 8.78 Å². The Bertz CT molecular complexity index is 687. The molecule has 1 aromatic carbocycles. The lowest BCUT2D eigenvalue weighted by Gasteiger charge is -2.07. The Morgan fingerprint density at radius 3 is 2.63 bits per heavy atom. The van der Waals surface area contributed by atoms with Crippen molar-refractivity contribution in [1.29, 1.82) is 5.26 Å². The molecule has 0 saturated heterocycles. The van der Waals surface area contributed by atoms with Crippen LogP contribution in [0.1, 0.15) is 18.7 Å². The monoisotopic (exact) mass is 257 g/mol. The van der Waals surface area contributed by atoms with Gasteiger partial charge in [0.2, 0.25) is 0 Å². The molecule has 2 aromatic rings. The fourth-order valence-electron chi connectivity index (χ4n) is 1.95. The van der Waals surface area contributed by atoms with Gasteiger partial charge in [-0.25, -0.2) is 18.7 Å². The van der Waals surface area contributed by atoms with Crippen LogP contribution < -0.4 is 0 Å². The highest BCUT2D eigenvalue weighted by Crippen LogP contribution is 2.46. The van der Waals surface area contributed by atoms with Crippen molar-refractivity contribution >= 4 is 0 Å². The van der Waals surface area contributed by atoms with Crippen LogP contribution in [0.25, 0.3) is 11.3 Å². The molecule has 1 aromatic heterocycles. The molecule has 0 N–H and O–H groups in total. The Morgan fingerprint density at radius 1 is 1.21 bits per heavy atom. The van der Waals surface area contributed by atoms with E-state index in [0.717, 1.165) is 18.9 Å². The molecule has 94 valence electrons. The normalized spacial score (nSPS) is 15.8. The minimum Gasteiger partial charge on any atom is -0.240 e. The fraction of sp³-hybridized carbons (Fsp3) is 0.214. The highest BCUT2D eigenvalue weighted by molar-refractivity contribution is 5.59. The molecule has 3 rings (SSSR count). The maximum atomic E-state index is 13.7. The first kappa shape index (κ1) is 11.7. The van der Waals surface area contributed by atoms with Crippen LogP contribution >= 0.6 is 0 Å². The average molecular weight is 257 g/mol. The maximum Gasteiger partial charge on any atom is 0.149 e. The summed E-state index contributed by atoms with van der Waals surface area (Å²) in [5.41, 5.74) is -0.0465. The largest absolute Gasteiger partial charge is 0.240 e. The third kappa shape index (κ3) is 1.95. The standard InChI is InChI=1S/C14H9F2N3/c15-9-1-2-10(11(16)7-9)12-3-6-18-13(19-12)14(8-17)4-5-14/h1-3,6-7H,4-5H2. The molecule has 1 heterocycles. The first-order valence-corrected chi connectivity index (χ1v) is 5.85. The van der Waals surface area contributed by atoms with Gasteiger partial charge in [0.15, 0.2) is 0 Å². The van der Waals surface area contributed by atoms with Crippen molar-refractivity contribution in [3.8, 4) is 17.3 Å². The molecular weight excluding hydrogens is 248 g/mol. The van der Waals surface area contributed by atoms with Crippen molar-refractivity contribution in [2.45, 2.75) is 18.3 Å². The van der Waals surface area contributed by atoms with Crippen LogP contribution in [0.2, 0.25) is 0 Å². The molecule has 19 heavy (non-hydrogen) atoms. The van der Waals surface area contributed by atoms with Gasteiger partial charge >= 0.3 is 0 Å². The second-order valence-corrected chi connectivity index (χ2v) is 4.58. The lowest BCUT2D eigenvalue weighted by atomic mass is 10.1. The molecule has 0 radical (unpaired) electrons. The van der Waals surface area contributed by atoms with Gasteiger partial charge in [-0.1, -0.05) is 0 Å². The first-order valence-electron chi connectivity index (χ1n) is 5.85. The maximum absolute atomic E-state index is 13.7. The lowest BCUT2D eigenvalue weighted by Crippen LogP contribution is -2.09. The zero-order valence-electron chi connectivity index (χ0n) is 9.90. The molecule has 0 amide bonds. The quantitative estimate of drug-likeness (QED) is 0.831. The number of halogens is 2. The number of rotatable bonds is 2. The second kappa shape index (κ2) is 4.09. The summed E-state index contributed by atoms with van der Waals surface area (Å²) in [4.78, 5) is 8.33. The highest BCUT2D eigenvalue weighted by atomic mass is 19.1. The van der Waals surface area contributed by atoms with Gasteiger partial charge in [-0.15, -0.1) is 0 Å². The fourth-order valence-corrected chi connectivity index (χ4v) is 1.95. The molecule has 0 unspecified atom stereocenters. The lowest BCUT2D eigenvalue weighted by molar-refractivity contribution is 0.585. The van der Waals surface area contributed by atoms with E-state index < -0.39 is 17.0 Å². The summed E-state index contributed by atoms with van der Waals surface area (Å²) in [6.07, 6.45) is 2.94. The number of benzene rings is 1. The zero-order chi connectivity index (χ0) is 13.5. The summed E-state index contributed by atoms with van der Waals surface area (Å²) in [5.74, 6) is -0.895. The Hall–Kier alpha value is -2.35. The molecule has 1 aliphatic carbocycles. The summed E-state index contributed by atoms with van der Waals surface area (Å²) >= 11 is 0. The van der Waals surface area contributed by atoms with Gasteiger partial charge in [0.05, 0.1) is 11.8 Å². The SMILES string of the molecule is N#CC1(c2nccc(-c3ccc(F)cc3F)n2)CC1. The third-order valence-corrected chi connectivity index (χ3v) is 3.25. The predicted molar refractivity (Wildman–Crippen MR) is 63.9 cm³/mol. The van der Waals surface area contributed by atoms with Crippen molar-refractivity contribution < 1.29 is 8.78 Å². The Labute approximate surface area is 108 Å². The minimum absolute atomic E-state index is 0.207. The third-order valence-electron chi connectivity index (χ3n) is 3.25. The number of hydrogen-bond donors (Lipinski definition) is 0. The Balaban J connectivity index is 2.07. The van der Waals surface area contributed by atoms with Crippen LogP contribution in [-0.4, -0.2) is 9.97 Å². The van der Waals surface area contributed by atoms with Gasteiger partial charge in [0, 0.05) is 17.8 Å². The molecule has 1 fully saturated rings. The topological polar surface area (TPSA) is 49.6 Å². The summed E-state index contributed by atoms with van der Waals surface area (Å²) in [6.45, 7) is 0. The molecule has 1 aliphatic rings. The number of aromatic nitrogens is 2. The van der Waals surface area contributed by atoms with Crippen molar-refractivity contribution in [2.75, 3.05) is 0 Å². The van der Waals surface area contributed by atoms with Gasteiger partial charge in [-0.05, 0) is 31.0 Å². The van der Waals surface area contributed by atoms with Gasteiger partial charge in [-0.2, -0.15) is 5.26 Å². The van der Waals surface area contributed by atoms with Crippen molar-refractivity contribution in [3.63, 3.8) is 0 Å². The Morgan fingerprint density at radius 2 is 2.00 bits per heavy atom. The van der Waals surface area contributed by atoms with E-state index in [4.69, 9.17) is 5.26 Å². The molecule has 0 spiro atoms. The first-order chi connectivity index (χ1) is 9.14. The zero-order valence-corrected chi connectivity index (χ0v) is 9.90. The van der Waals surface area contributed by atoms with Gasteiger partial charge in [0.25, 0.3) is 0 Å². The number of nitriles is 1. The smallest absolute Gasteiger partial charge is 0.149 e. The summed E-state index contributed by atoms with van der Waals surface area (Å²) in [5, 5.41) is 9.11. The summed E-state index contributed by atoms with van der Waals surface area (Å²) < 4.78 is 26.6. The van der Waals surface area contributed by atoms with Gasteiger partial charge in [0.1, 0.15) is 22.9 Å². The van der Waals surface area contributed by atoms with E-state index >= 15 is 0 Å². The van der Waals surface area contributed by atoms with E-state index in [2.05, 4.69) is 16.0 Å². The molecule has 3 nitrogen and oxygen atoms in total. The van der Waals surface area contributed by atoms with Crippen molar-refractivity contribution in [1.82, 2.24) is 9.97 Å². The van der Waals surface area contributed by atoms with E-state index in [1.54, 1.807) is 6.07 Å². The summed E-state index contributed by atoms with van der Waals surface area (Å²) in [7, 11) is 0. The van der Waals surface area contributed by atoms with Crippen molar-refractivity contribution in [3.05, 3.63) is 47.9 Å². The summed E-state index contributed by atoms with van der Waals surface area (Å²) in [6, 6.07) is 7.07. The average Bonchev–Trinajstić information content (AvgIpc) is 3.20. The van der Waals surface area contributed by atoms with Gasteiger partial charge in [-0.3, -0.25) is 0 Å². The number of hydrogen-bond acceptors (Lipinski definition) is 3. The van der Waals surface area contributed by atoms with E-state index in [1.807, 2.05) is 0 Å². The number of nitrogens with zero attached hydrogens (tertiary/aromatic N) is 3.